The molecule has 0 bridgehead atoms. The minimum absolute atomic E-state index is 0.104. The number of anilines is 1. The lowest BCUT2D eigenvalue weighted by molar-refractivity contribution is -0.119. The fourth-order valence-corrected chi connectivity index (χ4v) is 3.84. The van der Waals surface area contributed by atoms with Gasteiger partial charge < -0.3 is 9.32 Å². The molecule has 5 heteroatoms. The maximum atomic E-state index is 12.9. The molecule has 138 valence electrons. The Bertz CT molecular complexity index is 966. The van der Waals surface area contributed by atoms with Gasteiger partial charge in [-0.3, -0.25) is 4.79 Å². The third kappa shape index (κ3) is 3.62. The Morgan fingerprint density at radius 3 is 2.85 bits per heavy atom. The molecule has 0 fully saturated rings. The molecule has 1 aromatic heterocycles. The maximum Gasteiger partial charge on any atom is 0.227 e. The van der Waals surface area contributed by atoms with E-state index < -0.39 is 0 Å². The van der Waals surface area contributed by atoms with E-state index in [9.17, 15) is 4.79 Å². The Kier molecular flexibility index (Phi) is 4.99. The van der Waals surface area contributed by atoms with E-state index in [4.69, 9.17) is 16.0 Å². The summed E-state index contributed by atoms with van der Waals surface area (Å²) in [5.41, 5.74) is 3.08. The van der Waals surface area contributed by atoms with Gasteiger partial charge in [-0.1, -0.05) is 41.9 Å². The van der Waals surface area contributed by atoms with Gasteiger partial charge in [-0.15, -0.1) is 0 Å². The van der Waals surface area contributed by atoms with Crippen molar-refractivity contribution in [2.24, 2.45) is 0 Å². The SMILES string of the molecule is CC1CCc2ccccc2N1C(=O)CCc1ncc(-c2ccccc2Cl)o1. The molecule has 0 N–H and O–H groups in total. The molecule has 3 aromatic rings. The zero-order chi connectivity index (χ0) is 18.8. The monoisotopic (exact) mass is 380 g/mol. The van der Waals surface area contributed by atoms with Crippen LogP contribution >= 0.6 is 11.6 Å². The summed E-state index contributed by atoms with van der Waals surface area (Å²) in [4.78, 5) is 19.2. The van der Waals surface area contributed by atoms with Gasteiger partial charge in [-0.05, 0) is 43.5 Å². The summed E-state index contributed by atoms with van der Waals surface area (Å²) in [6, 6.07) is 15.8. The summed E-state index contributed by atoms with van der Waals surface area (Å²) in [6.07, 6.45) is 4.50. The van der Waals surface area contributed by atoms with Crippen LogP contribution in [0.1, 0.15) is 31.2 Å². The van der Waals surface area contributed by atoms with Crippen molar-refractivity contribution in [3.63, 3.8) is 0 Å². The molecule has 1 amide bonds. The smallest absolute Gasteiger partial charge is 0.227 e. The summed E-state index contributed by atoms with van der Waals surface area (Å²) >= 11 is 6.21. The number of rotatable bonds is 4. The number of benzene rings is 2. The fraction of sp³-hybridized carbons (Fsp3) is 0.273. The van der Waals surface area contributed by atoms with Crippen molar-refractivity contribution in [3.8, 4) is 11.3 Å². The zero-order valence-electron chi connectivity index (χ0n) is 15.2. The molecule has 0 saturated carbocycles. The number of hydrogen-bond donors (Lipinski definition) is 0. The fourth-order valence-electron chi connectivity index (χ4n) is 3.61. The first-order valence-electron chi connectivity index (χ1n) is 9.23. The number of para-hydroxylation sites is 1. The van der Waals surface area contributed by atoms with Crippen molar-refractivity contribution in [2.45, 2.75) is 38.6 Å². The second-order valence-electron chi connectivity index (χ2n) is 6.88. The molecule has 1 unspecified atom stereocenters. The molecule has 0 radical (unpaired) electrons. The standard InChI is InChI=1S/C22H21ClN2O2/c1-15-10-11-16-6-2-5-9-19(16)25(15)22(26)13-12-21-24-14-20(27-21)17-7-3-4-8-18(17)23/h2-9,14-15H,10-13H2,1H3. The quantitative estimate of drug-likeness (QED) is 0.617. The molecule has 27 heavy (non-hydrogen) atoms. The first-order valence-corrected chi connectivity index (χ1v) is 9.61. The van der Waals surface area contributed by atoms with Crippen LogP contribution in [0.4, 0.5) is 5.69 Å². The lowest BCUT2D eigenvalue weighted by atomic mass is 9.96. The molecular formula is C22H21ClN2O2. The number of halogens is 1. The predicted octanol–water partition coefficient (Wildman–Crippen LogP) is 5.30. The van der Waals surface area contributed by atoms with Crippen molar-refractivity contribution in [1.29, 1.82) is 0 Å². The molecule has 1 aliphatic rings. The Labute approximate surface area is 163 Å². The van der Waals surface area contributed by atoms with Crippen LogP contribution in [0.2, 0.25) is 5.02 Å². The van der Waals surface area contributed by atoms with Crippen LogP contribution in [-0.2, 0) is 17.6 Å². The first-order chi connectivity index (χ1) is 13.1. The van der Waals surface area contributed by atoms with Crippen LogP contribution in [0.3, 0.4) is 0 Å². The van der Waals surface area contributed by atoms with Crippen molar-refractivity contribution in [1.82, 2.24) is 4.98 Å². The van der Waals surface area contributed by atoms with Gasteiger partial charge in [0.1, 0.15) is 0 Å². The molecule has 4 rings (SSSR count). The summed E-state index contributed by atoms with van der Waals surface area (Å²) in [7, 11) is 0. The Hall–Kier alpha value is -2.59. The van der Waals surface area contributed by atoms with Crippen LogP contribution in [0, 0.1) is 0 Å². The highest BCUT2D eigenvalue weighted by Crippen LogP contribution is 2.32. The van der Waals surface area contributed by atoms with Crippen LogP contribution in [0.25, 0.3) is 11.3 Å². The molecule has 4 nitrogen and oxygen atoms in total. The molecule has 0 saturated heterocycles. The minimum atomic E-state index is 0.104. The van der Waals surface area contributed by atoms with Crippen molar-refractivity contribution in [2.75, 3.05) is 4.90 Å². The molecule has 0 spiro atoms. The van der Waals surface area contributed by atoms with E-state index in [0.717, 1.165) is 24.1 Å². The van der Waals surface area contributed by atoms with Gasteiger partial charge in [-0.25, -0.2) is 4.98 Å². The van der Waals surface area contributed by atoms with Crippen molar-refractivity contribution in [3.05, 3.63) is 71.2 Å². The maximum absolute atomic E-state index is 12.9. The van der Waals surface area contributed by atoms with Gasteiger partial charge in [0.05, 0.1) is 11.2 Å². The Morgan fingerprint density at radius 2 is 2.00 bits per heavy atom. The van der Waals surface area contributed by atoms with E-state index in [1.54, 1.807) is 6.20 Å². The van der Waals surface area contributed by atoms with Crippen molar-refractivity contribution >= 4 is 23.2 Å². The number of fused-ring (bicyclic) bond motifs is 1. The third-order valence-corrected chi connectivity index (χ3v) is 5.37. The van der Waals surface area contributed by atoms with Gasteiger partial charge in [0, 0.05) is 30.1 Å². The highest BCUT2D eigenvalue weighted by atomic mass is 35.5. The predicted molar refractivity (Wildman–Crippen MR) is 107 cm³/mol. The van der Waals surface area contributed by atoms with Crippen LogP contribution in [0.15, 0.2) is 59.1 Å². The van der Waals surface area contributed by atoms with Gasteiger partial charge in [0.15, 0.2) is 11.7 Å². The number of aromatic nitrogens is 1. The molecule has 2 heterocycles. The third-order valence-electron chi connectivity index (χ3n) is 5.04. The van der Waals surface area contributed by atoms with Gasteiger partial charge >= 0.3 is 0 Å². The summed E-state index contributed by atoms with van der Waals surface area (Å²) in [5.74, 6) is 1.28. The average Bonchev–Trinajstić information content (AvgIpc) is 3.15. The van der Waals surface area contributed by atoms with Gasteiger partial charge in [0.2, 0.25) is 5.91 Å². The normalized spacial score (nSPS) is 16.2. The minimum Gasteiger partial charge on any atom is -0.441 e. The first kappa shape index (κ1) is 17.8. The average molecular weight is 381 g/mol. The summed E-state index contributed by atoms with van der Waals surface area (Å²) < 4.78 is 5.82. The molecule has 2 aromatic carbocycles. The summed E-state index contributed by atoms with van der Waals surface area (Å²) in [6.45, 7) is 2.11. The highest BCUT2D eigenvalue weighted by Gasteiger charge is 2.27. The van der Waals surface area contributed by atoms with Crippen LogP contribution < -0.4 is 4.90 Å². The van der Waals surface area contributed by atoms with E-state index in [1.807, 2.05) is 47.4 Å². The molecule has 1 aliphatic heterocycles. The largest absolute Gasteiger partial charge is 0.441 e. The number of carbonyl (C=O) groups excluding carboxylic acids is 1. The van der Waals surface area contributed by atoms with Crippen LogP contribution in [0.5, 0.6) is 0 Å². The lowest BCUT2D eigenvalue weighted by Crippen LogP contribution is -2.42. The number of carbonyl (C=O) groups is 1. The lowest BCUT2D eigenvalue weighted by Gasteiger charge is -2.35. The van der Waals surface area contributed by atoms with E-state index in [2.05, 4.69) is 18.0 Å². The molecule has 0 aliphatic carbocycles. The van der Waals surface area contributed by atoms with E-state index in [-0.39, 0.29) is 11.9 Å². The zero-order valence-corrected chi connectivity index (χ0v) is 15.9. The number of hydrogen-bond acceptors (Lipinski definition) is 3. The van der Waals surface area contributed by atoms with E-state index in [1.165, 1.54) is 5.56 Å². The Morgan fingerprint density at radius 1 is 1.22 bits per heavy atom. The topological polar surface area (TPSA) is 46.3 Å². The number of amides is 1. The van der Waals surface area contributed by atoms with E-state index in [0.29, 0.717) is 29.5 Å². The van der Waals surface area contributed by atoms with E-state index >= 15 is 0 Å². The molecule has 1 atom stereocenters. The second kappa shape index (κ2) is 7.57. The number of nitrogens with zero attached hydrogens (tertiary/aromatic N) is 2. The van der Waals surface area contributed by atoms with Gasteiger partial charge in [0.25, 0.3) is 0 Å². The van der Waals surface area contributed by atoms with Crippen LogP contribution in [-0.4, -0.2) is 16.9 Å². The van der Waals surface area contributed by atoms with Crippen molar-refractivity contribution < 1.29 is 9.21 Å². The van der Waals surface area contributed by atoms with Gasteiger partial charge in [-0.2, -0.15) is 0 Å². The second-order valence-corrected chi connectivity index (χ2v) is 7.29. The number of oxazole rings is 1. The molecular weight excluding hydrogens is 360 g/mol. The highest BCUT2D eigenvalue weighted by molar-refractivity contribution is 6.33. The Balaban J connectivity index is 1.47. The number of aryl methyl sites for hydroxylation is 2. The summed E-state index contributed by atoms with van der Waals surface area (Å²) in [5, 5.41) is 0.620.